The van der Waals surface area contributed by atoms with Gasteiger partial charge in [0.1, 0.15) is 11.3 Å². The molecule has 1 N–H and O–H groups in total. The molecule has 2 rings (SSSR count). The first-order valence-corrected chi connectivity index (χ1v) is 6.52. The van der Waals surface area contributed by atoms with Crippen LogP contribution in [0.5, 0.6) is 5.75 Å². The molecule has 0 unspecified atom stereocenters. The zero-order chi connectivity index (χ0) is 13.8. The Morgan fingerprint density at radius 3 is 2.95 bits per heavy atom. The van der Waals surface area contributed by atoms with Gasteiger partial charge >= 0.3 is 0 Å². The minimum Gasteiger partial charge on any atom is -0.494 e. The van der Waals surface area contributed by atoms with Gasteiger partial charge in [0.25, 0.3) is 0 Å². The van der Waals surface area contributed by atoms with Gasteiger partial charge in [-0.1, -0.05) is 18.2 Å². The number of nitrogens with zero attached hydrogens (tertiary/aromatic N) is 1. The second kappa shape index (κ2) is 6.04. The second-order valence-electron chi connectivity index (χ2n) is 4.45. The molecular formula is C14H18N2O2S. The van der Waals surface area contributed by atoms with Gasteiger partial charge in [0.05, 0.1) is 25.8 Å². The van der Waals surface area contributed by atoms with Gasteiger partial charge in [0.15, 0.2) is 4.77 Å². The van der Waals surface area contributed by atoms with Gasteiger partial charge in [-0.05, 0) is 31.3 Å². The van der Waals surface area contributed by atoms with Crippen LogP contribution in [-0.4, -0.2) is 29.9 Å². The monoisotopic (exact) mass is 278 g/mol. The maximum Gasteiger partial charge on any atom is 0.178 e. The van der Waals surface area contributed by atoms with Crippen LogP contribution < -0.4 is 4.74 Å². The van der Waals surface area contributed by atoms with E-state index in [2.05, 4.69) is 11.6 Å². The zero-order valence-electron chi connectivity index (χ0n) is 11.2. The third kappa shape index (κ3) is 3.05. The van der Waals surface area contributed by atoms with Gasteiger partial charge in [0, 0.05) is 6.54 Å². The molecule has 0 amide bonds. The molecule has 0 aliphatic carbocycles. The van der Waals surface area contributed by atoms with E-state index < -0.39 is 0 Å². The summed E-state index contributed by atoms with van der Waals surface area (Å²) in [7, 11) is 1.65. The summed E-state index contributed by atoms with van der Waals surface area (Å²) in [6, 6.07) is 5.88. The Morgan fingerprint density at radius 1 is 1.47 bits per heavy atom. The van der Waals surface area contributed by atoms with Crippen molar-refractivity contribution in [1.82, 2.24) is 9.55 Å². The van der Waals surface area contributed by atoms with Crippen LogP contribution in [0.4, 0.5) is 0 Å². The highest BCUT2D eigenvalue weighted by molar-refractivity contribution is 7.71. The molecule has 5 heteroatoms. The van der Waals surface area contributed by atoms with Crippen LogP contribution in [0.2, 0.25) is 0 Å². The third-order valence-corrected chi connectivity index (χ3v) is 3.12. The summed E-state index contributed by atoms with van der Waals surface area (Å²) in [5.41, 5.74) is 2.97. The lowest BCUT2D eigenvalue weighted by Gasteiger charge is -2.06. The number of hydrogen-bond acceptors (Lipinski definition) is 3. The molecule has 0 aliphatic rings. The van der Waals surface area contributed by atoms with Crippen molar-refractivity contribution in [3.63, 3.8) is 0 Å². The molecule has 0 fully saturated rings. The van der Waals surface area contributed by atoms with E-state index >= 15 is 0 Å². The summed E-state index contributed by atoms with van der Waals surface area (Å²) in [5, 5.41) is 0. The highest BCUT2D eigenvalue weighted by atomic mass is 32.1. The molecule has 0 aliphatic heterocycles. The Hall–Kier alpha value is -1.59. The third-order valence-electron chi connectivity index (χ3n) is 2.80. The van der Waals surface area contributed by atoms with Crippen molar-refractivity contribution in [3.8, 4) is 5.75 Å². The summed E-state index contributed by atoms with van der Waals surface area (Å²) in [6.07, 6.45) is 0. The number of H-pyrrole nitrogens is 1. The first kappa shape index (κ1) is 13.8. The van der Waals surface area contributed by atoms with Crippen LogP contribution in [0.1, 0.15) is 6.92 Å². The average molecular weight is 278 g/mol. The molecule has 1 aromatic heterocycles. The number of fused-ring (bicyclic) bond motifs is 1. The molecule has 0 saturated heterocycles. The molecule has 4 nitrogen and oxygen atoms in total. The van der Waals surface area contributed by atoms with Crippen LogP contribution >= 0.6 is 12.2 Å². The van der Waals surface area contributed by atoms with E-state index in [0.29, 0.717) is 24.5 Å². The normalized spacial score (nSPS) is 10.8. The molecule has 2 aromatic rings. The molecule has 19 heavy (non-hydrogen) atoms. The molecule has 0 atom stereocenters. The van der Waals surface area contributed by atoms with E-state index in [9.17, 15) is 0 Å². The predicted molar refractivity (Wildman–Crippen MR) is 79.3 cm³/mol. The Labute approximate surface area is 117 Å². The fraction of sp³-hybridized carbons (Fsp3) is 0.357. The summed E-state index contributed by atoms with van der Waals surface area (Å²) >= 11 is 5.34. The predicted octanol–water partition coefficient (Wildman–Crippen LogP) is 3.30. The first-order chi connectivity index (χ1) is 9.13. The van der Waals surface area contributed by atoms with Gasteiger partial charge in [0.2, 0.25) is 0 Å². The van der Waals surface area contributed by atoms with E-state index in [4.69, 9.17) is 21.7 Å². The SMILES string of the molecule is C=C(C)COCCn1c(=S)[nH]c2c(OC)cccc21. The van der Waals surface area contributed by atoms with Crippen molar-refractivity contribution in [2.45, 2.75) is 13.5 Å². The highest BCUT2D eigenvalue weighted by Gasteiger charge is 2.08. The Kier molecular flexibility index (Phi) is 4.39. The average Bonchev–Trinajstić information content (AvgIpc) is 2.70. The maximum atomic E-state index is 5.52. The smallest absolute Gasteiger partial charge is 0.178 e. The van der Waals surface area contributed by atoms with Gasteiger partial charge in [-0.25, -0.2) is 0 Å². The number of para-hydroxylation sites is 1. The molecule has 0 saturated carbocycles. The van der Waals surface area contributed by atoms with E-state index in [1.165, 1.54) is 0 Å². The summed E-state index contributed by atoms with van der Waals surface area (Å²) < 4.78 is 13.5. The number of imidazole rings is 1. The van der Waals surface area contributed by atoms with Crippen LogP contribution in [0.15, 0.2) is 30.4 Å². The second-order valence-corrected chi connectivity index (χ2v) is 4.83. The lowest BCUT2D eigenvalue weighted by Crippen LogP contribution is -2.07. The number of methoxy groups -OCH3 is 1. The minimum absolute atomic E-state index is 0.582. The maximum absolute atomic E-state index is 5.52. The van der Waals surface area contributed by atoms with Crippen molar-refractivity contribution < 1.29 is 9.47 Å². The number of hydrogen-bond donors (Lipinski definition) is 1. The Bertz CT molecular complexity index is 642. The van der Waals surface area contributed by atoms with Gasteiger partial charge < -0.3 is 19.0 Å². The number of aromatic amines is 1. The van der Waals surface area contributed by atoms with Gasteiger partial charge in [-0.15, -0.1) is 0 Å². The summed E-state index contributed by atoms with van der Waals surface area (Å²) in [5.74, 6) is 0.796. The Morgan fingerprint density at radius 2 is 2.26 bits per heavy atom. The van der Waals surface area contributed by atoms with Crippen molar-refractivity contribution in [2.24, 2.45) is 0 Å². The van der Waals surface area contributed by atoms with Crippen LogP contribution in [0.3, 0.4) is 0 Å². The molecular weight excluding hydrogens is 260 g/mol. The van der Waals surface area contributed by atoms with E-state index in [1.807, 2.05) is 29.7 Å². The summed E-state index contributed by atoms with van der Waals surface area (Å²) in [6.45, 7) is 7.64. The van der Waals surface area contributed by atoms with Crippen molar-refractivity contribution >= 4 is 23.3 Å². The molecule has 0 spiro atoms. The van der Waals surface area contributed by atoms with Gasteiger partial charge in [-0.2, -0.15) is 0 Å². The number of nitrogens with one attached hydrogen (secondary N) is 1. The lowest BCUT2D eigenvalue weighted by atomic mass is 10.3. The fourth-order valence-electron chi connectivity index (χ4n) is 1.95. The summed E-state index contributed by atoms with van der Waals surface area (Å²) in [4.78, 5) is 3.18. The first-order valence-electron chi connectivity index (χ1n) is 6.11. The topological polar surface area (TPSA) is 39.2 Å². The van der Waals surface area contributed by atoms with Crippen molar-refractivity contribution in [2.75, 3.05) is 20.3 Å². The zero-order valence-corrected chi connectivity index (χ0v) is 12.0. The molecule has 0 radical (unpaired) electrons. The van der Waals surface area contributed by atoms with E-state index in [0.717, 1.165) is 22.4 Å². The lowest BCUT2D eigenvalue weighted by molar-refractivity contribution is 0.148. The highest BCUT2D eigenvalue weighted by Crippen LogP contribution is 2.24. The number of rotatable bonds is 6. The van der Waals surface area contributed by atoms with Crippen LogP contribution in [0.25, 0.3) is 11.0 Å². The number of ether oxygens (including phenoxy) is 2. The quantitative estimate of drug-likeness (QED) is 0.500. The minimum atomic E-state index is 0.582. The van der Waals surface area contributed by atoms with Crippen molar-refractivity contribution in [1.29, 1.82) is 0 Å². The molecule has 102 valence electrons. The number of benzene rings is 1. The van der Waals surface area contributed by atoms with Crippen LogP contribution in [-0.2, 0) is 11.3 Å². The largest absolute Gasteiger partial charge is 0.494 e. The van der Waals surface area contributed by atoms with Crippen LogP contribution in [0, 0.1) is 4.77 Å². The number of aromatic nitrogens is 2. The molecule has 1 heterocycles. The fourth-order valence-corrected chi connectivity index (χ4v) is 2.24. The molecule has 0 bridgehead atoms. The van der Waals surface area contributed by atoms with Gasteiger partial charge in [-0.3, -0.25) is 0 Å². The standard InChI is InChI=1S/C14H18N2O2S/c1-10(2)9-18-8-7-16-11-5-4-6-12(17-3)13(11)15-14(16)19/h4-6H,1,7-9H2,2-3H3,(H,15,19). The molecule has 1 aromatic carbocycles. The van der Waals surface area contributed by atoms with E-state index in [-0.39, 0.29) is 0 Å². The van der Waals surface area contributed by atoms with Crippen molar-refractivity contribution in [3.05, 3.63) is 35.1 Å². The van der Waals surface area contributed by atoms with E-state index in [1.54, 1.807) is 7.11 Å². The Balaban J connectivity index is 2.21.